The van der Waals surface area contributed by atoms with Crippen molar-refractivity contribution in [3.05, 3.63) is 23.9 Å². The Morgan fingerprint density at radius 3 is 2.68 bits per heavy atom. The van der Waals surface area contributed by atoms with Crippen molar-refractivity contribution in [2.75, 3.05) is 18.0 Å². The number of rotatable bonds is 2. The molecule has 1 N–H and O–H groups in total. The van der Waals surface area contributed by atoms with E-state index >= 15 is 0 Å². The fourth-order valence-electron chi connectivity index (χ4n) is 2.33. The van der Waals surface area contributed by atoms with Gasteiger partial charge in [0, 0.05) is 19.3 Å². The van der Waals surface area contributed by atoms with Gasteiger partial charge in [0.25, 0.3) is 0 Å². The SMILES string of the molecule is CC1CN(c2ncccc2C(F)(F)F)CC1C(=O)O. The van der Waals surface area contributed by atoms with Gasteiger partial charge in [0.05, 0.1) is 11.5 Å². The summed E-state index contributed by atoms with van der Waals surface area (Å²) in [6, 6.07) is 2.18. The van der Waals surface area contributed by atoms with Crippen molar-refractivity contribution in [1.82, 2.24) is 4.98 Å². The van der Waals surface area contributed by atoms with Crippen LogP contribution in [0.4, 0.5) is 19.0 Å². The summed E-state index contributed by atoms with van der Waals surface area (Å²) in [6.45, 7) is 2.03. The maximum atomic E-state index is 12.9. The summed E-state index contributed by atoms with van der Waals surface area (Å²) in [7, 11) is 0. The van der Waals surface area contributed by atoms with Gasteiger partial charge in [-0.2, -0.15) is 13.2 Å². The highest BCUT2D eigenvalue weighted by Gasteiger charge is 2.40. The number of hydrogen-bond acceptors (Lipinski definition) is 3. The molecule has 19 heavy (non-hydrogen) atoms. The van der Waals surface area contributed by atoms with Crippen molar-refractivity contribution >= 4 is 11.8 Å². The standard InChI is InChI=1S/C12H13F3N2O2/c1-7-5-17(6-8(7)11(18)19)10-9(12(13,14)15)3-2-4-16-10/h2-4,7-8H,5-6H2,1H3,(H,18,19). The zero-order valence-corrected chi connectivity index (χ0v) is 10.2. The molecule has 2 unspecified atom stereocenters. The quantitative estimate of drug-likeness (QED) is 0.898. The van der Waals surface area contributed by atoms with Gasteiger partial charge in [-0.25, -0.2) is 4.98 Å². The normalized spacial score (nSPS) is 23.7. The van der Waals surface area contributed by atoms with Crippen LogP contribution in [0.25, 0.3) is 0 Å². The number of carboxylic acid groups (broad SMARTS) is 1. The van der Waals surface area contributed by atoms with Gasteiger partial charge in [-0.1, -0.05) is 6.92 Å². The number of aromatic nitrogens is 1. The van der Waals surface area contributed by atoms with Crippen LogP contribution >= 0.6 is 0 Å². The van der Waals surface area contributed by atoms with Crippen LogP contribution in [0, 0.1) is 11.8 Å². The van der Waals surface area contributed by atoms with Crippen LogP contribution in [0.1, 0.15) is 12.5 Å². The largest absolute Gasteiger partial charge is 0.481 e. The van der Waals surface area contributed by atoms with E-state index in [-0.39, 0.29) is 24.8 Å². The third kappa shape index (κ3) is 2.64. The molecule has 104 valence electrons. The summed E-state index contributed by atoms with van der Waals surface area (Å²) < 4.78 is 38.6. The van der Waals surface area contributed by atoms with Crippen molar-refractivity contribution in [3.8, 4) is 0 Å². The Morgan fingerprint density at radius 2 is 2.16 bits per heavy atom. The minimum absolute atomic E-state index is 0.0522. The van der Waals surface area contributed by atoms with Crippen molar-refractivity contribution in [2.45, 2.75) is 13.1 Å². The molecular formula is C12H13F3N2O2. The van der Waals surface area contributed by atoms with Crippen LogP contribution in [-0.2, 0) is 11.0 Å². The first-order valence-corrected chi connectivity index (χ1v) is 5.80. The highest BCUT2D eigenvalue weighted by atomic mass is 19.4. The second-order valence-corrected chi connectivity index (χ2v) is 4.70. The number of carbonyl (C=O) groups is 1. The molecule has 0 amide bonds. The summed E-state index contributed by atoms with van der Waals surface area (Å²) in [6.07, 6.45) is -3.21. The third-order valence-electron chi connectivity index (χ3n) is 3.32. The molecule has 0 bridgehead atoms. The lowest BCUT2D eigenvalue weighted by molar-refractivity contribution is -0.142. The Morgan fingerprint density at radius 1 is 1.47 bits per heavy atom. The molecule has 1 aliphatic rings. The predicted molar refractivity (Wildman–Crippen MR) is 61.7 cm³/mol. The van der Waals surface area contributed by atoms with Crippen LogP contribution in [0.2, 0.25) is 0 Å². The van der Waals surface area contributed by atoms with E-state index in [0.717, 1.165) is 6.07 Å². The molecule has 1 fully saturated rings. The third-order valence-corrected chi connectivity index (χ3v) is 3.32. The van der Waals surface area contributed by atoms with Gasteiger partial charge in [0.1, 0.15) is 5.82 Å². The van der Waals surface area contributed by atoms with Crippen LogP contribution in [-0.4, -0.2) is 29.1 Å². The van der Waals surface area contributed by atoms with E-state index in [2.05, 4.69) is 4.98 Å². The Kier molecular flexibility index (Phi) is 3.38. The fraction of sp³-hybridized carbons (Fsp3) is 0.500. The number of nitrogens with zero attached hydrogens (tertiary/aromatic N) is 2. The number of pyridine rings is 1. The molecule has 2 heterocycles. The molecule has 0 spiro atoms. The zero-order valence-electron chi connectivity index (χ0n) is 10.2. The average molecular weight is 274 g/mol. The molecule has 0 aromatic carbocycles. The first-order chi connectivity index (χ1) is 8.80. The number of hydrogen-bond donors (Lipinski definition) is 1. The molecule has 1 aromatic rings. The minimum Gasteiger partial charge on any atom is -0.481 e. The van der Waals surface area contributed by atoms with Crippen molar-refractivity contribution < 1.29 is 23.1 Å². The van der Waals surface area contributed by atoms with E-state index < -0.39 is 23.6 Å². The second-order valence-electron chi connectivity index (χ2n) is 4.70. The summed E-state index contributed by atoms with van der Waals surface area (Å²) in [5.41, 5.74) is -0.826. The van der Waals surface area contributed by atoms with E-state index in [9.17, 15) is 18.0 Å². The van der Waals surface area contributed by atoms with Crippen molar-refractivity contribution in [2.24, 2.45) is 11.8 Å². The van der Waals surface area contributed by atoms with Crippen LogP contribution < -0.4 is 4.90 Å². The summed E-state index contributed by atoms with van der Waals surface area (Å²) in [4.78, 5) is 16.2. The van der Waals surface area contributed by atoms with Gasteiger partial charge in [0.15, 0.2) is 0 Å². The molecular weight excluding hydrogens is 261 g/mol. The number of alkyl halides is 3. The summed E-state index contributed by atoms with van der Waals surface area (Å²) in [5.74, 6) is -2.05. The highest BCUT2D eigenvalue weighted by Crippen LogP contribution is 2.37. The van der Waals surface area contributed by atoms with Crippen LogP contribution in [0.5, 0.6) is 0 Å². The Bertz CT molecular complexity index is 490. The minimum atomic E-state index is -4.49. The van der Waals surface area contributed by atoms with Gasteiger partial charge >= 0.3 is 12.1 Å². The van der Waals surface area contributed by atoms with E-state index in [0.29, 0.717) is 0 Å². The molecule has 0 saturated carbocycles. The maximum absolute atomic E-state index is 12.9. The van der Waals surface area contributed by atoms with Crippen molar-refractivity contribution in [3.63, 3.8) is 0 Å². The second kappa shape index (κ2) is 4.71. The number of halogens is 3. The fourth-order valence-corrected chi connectivity index (χ4v) is 2.33. The Hall–Kier alpha value is -1.79. The van der Waals surface area contributed by atoms with Crippen LogP contribution in [0.3, 0.4) is 0 Å². The van der Waals surface area contributed by atoms with E-state index in [4.69, 9.17) is 5.11 Å². The molecule has 2 atom stereocenters. The monoisotopic (exact) mass is 274 g/mol. The molecule has 0 aliphatic carbocycles. The smallest absolute Gasteiger partial charge is 0.419 e. The summed E-state index contributed by atoms with van der Waals surface area (Å²) >= 11 is 0. The maximum Gasteiger partial charge on any atom is 0.419 e. The molecule has 1 saturated heterocycles. The number of aliphatic carboxylic acids is 1. The lowest BCUT2D eigenvalue weighted by Crippen LogP contribution is -2.26. The van der Waals surface area contributed by atoms with Gasteiger partial charge in [0.2, 0.25) is 0 Å². The lowest BCUT2D eigenvalue weighted by Gasteiger charge is -2.21. The molecule has 7 heteroatoms. The van der Waals surface area contributed by atoms with Gasteiger partial charge in [-0.05, 0) is 18.1 Å². The molecule has 1 aromatic heterocycles. The van der Waals surface area contributed by atoms with E-state index in [1.54, 1.807) is 6.92 Å². The first kappa shape index (κ1) is 13.6. The van der Waals surface area contributed by atoms with Gasteiger partial charge in [-0.15, -0.1) is 0 Å². The van der Waals surface area contributed by atoms with Crippen LogP contribution in [0.15, 0.2) is 18.3 Å². The van der Waals surface area contributed by atoms with Crippen molar-refractivity contribution in [1.29, 1.82) is 0 Å². The first-order valence-electron chi connectivity index (χ1n) is 5.80. The number of anilines is 1. The summed E-state index contributed by atoms with van der Waals surface area (Å²) in [5, 5.41) is 9.01. The molecule has 2 rings (SSSR count). The molecule has 4 nitrogen and oxygen atoms in total. The molecule has 0 radical (unpaired) electrons. The van der Waals surface area contributed by atoms with Gasteiger partial charge in [-0.3, -0.25) is 4.79 Å². The lowest BCUT2D eigenvalue weighted by atomic mass is 9.99. The van der Waals surface area contributed by atoms with Gasteiger partial charge < -0.3 is 10.0 Å². The number of carboxylic acids is 1. The zero-order chi connectivity index (χ0) is 14.2. The van der Waals surface area contributed by atoms with E-state index in [1.165, 1.54) is 17.2 Å². The average Bonchev–Trinajstić information content (AvgIpc) is 2.70. The van der Waals surface area contributed by atoms with E-state index in [1.807, 2.05) is 0 Å². The predicted octanol–water partition coefficient (Wildman–Crippen LogP) is 2.26. The highest BCUT2D eigenvalue weighted by molar-refractivity contribution is 5.72. The Labute approximate surface area is 107 Å². The topological polar surface area (TPSA) is 53.4 Å². The molecule has 1 aliphatic heterocycles. The Balaban J connectivity index is 2.32.